The molecule has 0 saturated heterocycles. The largest absolute Gasteiger partial charge is 0.481 e. The minimum Gasteiger partial charge on any atom is -0.481 e. The highest BCUT2D eigenvalue weighted by molar-refractivity contribution is 7.12. The van der Waals surface area contributed by atoms with Gasteiger partial charge in [0.1, 0.15) is 6.04 Å². The quantitative estimate of drug-likeness (QED) is 0.738. The van der Waals surface area contributed by atoms with E-state index < -0.39 is 17.4 Å². The van der Waals surface area contributed by atoms with Crippen LogP contribution in [-0.4, -0.2) is 28.9 Å². The molecule has 132 valence electrons. The number of nitrogens with one attached hydrogen (secondary N) is 2. The number of thiophene rings is 1. The van der Waals surface area contributed by atoms with E-state index in [2.05, 4.69) is 10.6 Å². The molecule has 0 fully saturated rings. The number of carbonyl (C=O) groups excluding carboxylic acids is 2. The normalized spacial score (nSPS) is 12.3. The molecule has 0 bridgehead atoms. The van der Waals surface area contributed by atoms with Gasteiger partial charge in [-0.15, -0.1) is 11.3 Å². The molecular weight excluding hydrogens is 340 g/mol. The van der Waals surface area contributed by atoms with Crippen LogP contribution < -0.4 is 10.6 Å². The van der Waals surface area contributed by atoms with Crippen molar-refractivity contribution in [3.05, 3.63) is 52.2 Å². The number of hydrogen-bond acceptors (Lipinski definition) is 4. The van der Waals surface area contributed by atoms with Gasteiger partial charge in [0.2, 0.25) is 5.91 Å². The van der Waals surface area contributed by atoms with Crippen molar-refractivity contribution in [3.8, 4) is 0 Å². The van der Waals surface area contributed by atoms with Crippen LogP contribution in [0, 0.1) is 0 Å². The maximum absolute atomic E-state index is 12.2. The topological polar surface area (TPSA) is 95.5 Å². The maximum atomic E-state index is 12.2. The Balaban J connectivity index is 1.98. The molecule has 0 saturated carbocycles. The Bertz CT molecular complexity index is 767. The van der Waals surface area contributed by atoms with E-state index in [1.807, 2.05) is 0 Å². The lowest BCUT2D eigenvalue weighted by atomic mass is 9.85. The first-order chi connectivity index (χ1) is 11.7. The SMILES string of the molecule is CC(NC(=O)c1cccs1)C(=O)Nc1ccc(C(C)(C)C(=O)O)cc1. The Hall–Kier alpha value is -2.67. The molecule has 6 nitrogen and oxygen atoms in total. The standard InChI is InChI=1S/C18H20N2O4S/c1-11(19-16(22)14-5-4-10-25-14)15(21)20-13-8-6-12(7-9-13)18(2,3)17(23)24/h4-11H,1-3H3,(H,19,22)(H,20,21)(H,23,24). The molecule has 25 heavy (non-hydrogen) atoms. The van der Waals surface area contributed by atoms with E-state index in [1.165, 1.54) is 11.3 Å². The monoisotopic (exact) mass is 360 g/mol. The zero-order valence-corrected chi connectivity index (χ0v) is 15.0. The van der Waals surface area contributed by atoms with Crippen molar-refractivity contribution in [1.29, 1.82) is 0 Å². The zero-order chi connectivity index (χ0) is 18.6. The van der Waals surface area contributed by atoms with Crippen LogP contribution in [-0.2, 0) is 15.0 Å². The highest BCUT2D eigenvalue weighted by Crippen LogP contribution is 2.24. The summed E-state index contributed by atoms with van der Waals surface area (Å²) in [7, 11) is 0. The van der Waals surface area contributed by atoms with Crippen molar-refractivity contribution < 1.29 is 19.5 Å². The smallest absolute Gasteiger partial charge is 0.313 e. The molecule has 1 atom stereocenters. The second-order valence-corrected chi connectivity index (χ2v) is 7.12. The average Bonchev–Trinajstić information content (AvgIpc) is 3.09. The summed E-state index contributed by atoms with van der Waals surface area (Å²) in [6, 6.07) is 9.37. The van der Waals surface area contributed by atoms with Gasteiger partial charge in [0.25, 0.3) is 5.91 Å². The Labute approximate surface area is 149 Å². The van der Waals surface area contributed by atoms with Crippen molar-refractivity contribution in [2.75, 3.05) is 5.32 Å². The third-order valence-corrected chi connectivity index (χ3v) is 4.76. The van der Waals surface area contributed by atoms with Crippen LogP contribution in [0.5, 0.6) is 0 Å². The first-order valence-corrected chi connectivity index (χ1v) is 8.59. The molecule has 2 amide bonds. The van der Waals surface area contributed by atoms with Crippen LogP contribution in [0.25, 0.3) is 0 Å². The van der Waals surface area contributed by atoms with Gasteiger partial charge in [0.15, 0.2) is 0 Å². The molecule has 0 radical (unpaired) electrons. The van der Waals surface area contributed by atoms with Crippen LogP contribution in [0.1, 0.15) is 36.0 Å². The first-order valence-electron chi connectivity index (χ1n) is 7.71. The number of benzene rings is 1. The summed E-state index contributed by atoms with van der Waals surface area (Å²) in [6.45, 7) is 4.83. The van der Waals surface area contributed by atoms with E-state index in [1.54, 1.807) is 62.5 Å². The van der Waals surface area contributed by atoms with Gasteiger partial charge in [-0.25, -0.2) is 0 Å². The fraction of sp³-hybridized carbons (Fsp3) is 0.278. The molecule has 0 aliphatic rings. The molecule has 0 spiro atoms. The fourth-order valence-electron chi connectivity index (χ4n) is 2.09. The van der Waals surface area contributed by atoms with Crippen LogP contribution >= 0.6 is 11.3 Å². The number of aliphatic carboxylic acids is 1. The molecule has 1 aromatic carbocycles. The fourth-order valence-corrected chi connectivity index (χ4v) is 2.71. The molecule has 7 heteroatoms. The van der Waals surface area contributed by atoms with Crippen LogP contribution in [0.4, 0.5) is 5.69 Å². The van der Waals surface area contributed by atoms with Gasteiger partial charge in [-0.3, -0.25) is 14.4 Å². The number of carbonyl (C=O) groups is 3. The third kappa shape index (κ3) is 4.45. The summed E-state index contributed by atoms with van der Waals surface area (Å²) in [4.78, 5) is 36.0. The number of carboxylic acids is 1. The van der Waals surface area contributed by atoms with E-state index in [4.69, 9.17) is 0 Å². The average molecular weight is 360 g/mol. The first kappa shape index (κ1) is 18.7. The molecule has 2 aromatic rings. The van der Waals surface area contributed by atoms with E-state index in [-0.39, 0.29) is 11.8 Å². The van der Waals surface area contributed by atoms with Crippen LogP contribution in [0.2, 0.25) is 0 Å². The summed E-state index contributed by atoms with van der Waals surface area (Å²) < 4.78 is 0. The Morgan fingerprint density at radius 1 is 1.12 bits per heavy atom. The second kappa shape index (κ2) is 7.48. The maximum Gasteiger partial charge on any atom is 0.313 e. The molecule has 3 N–H and O–H groups in total. The summed E-state index contributed by atoms with van der Waals surface area (Å²) in [5.41, 5.74) is 0.161. The van der Waals surface area contributed by atoms with E-state index >= 15 is 0 Å². The summed E-state index contributed by atoms with van der Waals surface area (Å²) in [5, 5.41) is 16.4. The van der Waals surface area contributed by atoms with Crippen LogP contribution in [0.15, 0.2) is 41.8 Å². The minimum atomic E-state index is -1.01. The number of hydrogen-bond donors (Lipinski definition) is 3. The van der Waals surface area contributed by atoms with Gasteiger partial charge >= 0.3 is 5.97 Å². The predicted molar refractivity (Wildman–Crippen MR) is 97.0 cm³/mol. The Kier molecular flexibility index (Phi) is 5.58. The summed E-state index contributed by atoms with van der Waals surface area (Å²) in [6.07, 6.45) is 0. The summed E-state index contributed by atoms with van der Waals surface area (Å²) in [5.74, 6) is -1.57. The van der Waals surface area contributed by atoms with Crippen molar-refractivity contribution in [1.82, 2.24) is 5.32 Å². The van der Waals surface area contributed by atoms with Crippen molar-refractivity contribution >= 4 is 34.8 Å². The number of anilines is 1. The molecule has 0 aliphatic carbocycles. The second-order valence-electron chi connectivity index (χ2n) is 6.17. The molecule has 1 unspecified atom stereocenters. The van der Waals surface area contributed by atoms with E-state index in [0.717, 1.165) is 0 Å². The number of rotatable bonds is 6. The zero-order valence-electron chi connectivity index (χ0n) is 14.2. The van der Waals surface area contributed by atoms with Gasteiger partial charge in [-0.1, -0.05) is 18.2 Å². The van der Waals surface area contributed by atoms with Crippen molar-refractivity contribution in [2.24, 2.45) is 0 Å². The molecule has 0 aliphatic heterocycles. The molecule has 1 aromatic heterocycles. The lowest BCUT2D eigenvalue weighted by Crippen LogP contribution is -2.41. The van der Waals surface area contributed by atoms with Crippen LogP contribution in [0.3, 0.4) is 0 Å². The molecule has 1 heterocycles. The van der Waals surface area contributed by atoms with Gasteiger partial charge < -0.3 is 15.7 Å². The molecular formula is C18H20N2O4S. The van der Waals surface area contributed by atoms with E-state index in [0.29, 0.717) is 16.1 Å². The van der Waals surface area contributed by atoms with E-state index in [9.17, 15) is 19.5 Å². The predicted octanol–water partition coefficient (Wildman–Crippen LogP) is 2.87. The molecule has 2 rings (SSSR count). The lowest BCUT2D eigenvalue weighted by Gasteiger charge is -2.20. The summed E-state index contributed by atoms with van der Waals surface area (Å²) >= 11 is 1.30. The number of carboxylic acid groups (broad SMARTS) is 1. The highest BCUT2D eigenvalue weighted by atomic mass is 32.1. The Morgan fingerprint density at radius 2 is 1.76 bits per heavy atom. The highest BCUT2D eigenvalue weighted by Gasteiger charge is 2.29. The minimum absolute atomic E-state index is 0.295. The lowest BCUT2D eigenvalue weighted by molar-refractivity contribution is -0.142. The van der Waals surface area contributed by atoms with Gasteiger partial charge in [0, 0.05) is 5.69 Å². The third-order valence-electron chi connectivity index (χ3n) is 3.89. The van der Waals surface area contributed by atoms with Gasteiger partial charge in [-0.2, -0.15) is 0 Å². The number of amides is 2. The van der Waals surface area contributed by atoms with Crippen molar-refractivity contribution in [2.45, 2.75) is 32.2 Å². The van der Waals surface area contributed by atoms with Gasteiger partial charge in [0.05, 0.1) is 10.3 Å². The van der Waals surface area contributed by atoms with Crippen molar-refractivity contribution in [3.63, 3.8) is 0 Å². The Morgan fingerprint density at radius 3 is 2.28 bits per heavy atom. The van der Waals surface area contributed by atoms with Gasteiger partial charge in [-0.05, 0) is 49.9 Å².